The van der Waals surface area contributed by atoms with Crippen LogP contribution in [0.15, 0.2) is 53.4 Å². The minimum absolute atomic E-state index is 0.0642. The number of halogens is 1. The van der Waals surface area contributed by atoms with Crippen molar-refractivity contribution in [3.8, 4) is 0 Å². The van der Waals surface area contributed by atoms with E-state index in [9.17, 15) is 22.4 Å². The molecule has 0 heterocycles. The van der Waals surface area contributed by atoms with Crippen LogP contribution in [-0.4, -0.2) is 44.8 Å². The molecule has 2 aromatic rings. The van der Waals surface area contributed by atoms with E-state index in [1.165, 1.54) is 55.6 Å². The van der Waals surface area contributed by atoms with E-state index in [0.29, 0.717) is 5.56 Å². The van der Waals surface area contributed by atoms with Gasteiger partial charge in [-0.05, 0) is 35.9 Å². The summed E-state index contributed by atoms with van der Waals surface area (Å²) in [5.41, 5.74) is 0.784. The van der Waals surface area contributed by atoms with Gasteiger partial charge in [-0.2, -0.15) is 4.31 Å². The van der Waals surface area contributed by atoms with Crippen LogP contribution in [0, 0.1) is 5.82 Å². The molecule has 0 aliphatic carbocycles. The lowest BCUT2D eigenvalue weighted by atomic mass is 10.2. The molecule has 0 fully saturated rings. The third-order valence-corrected chi connectivity index (χ3v) is 5.89. The van der Waals surface area contributed by atoms with E-state index in [1.54, 1.807) is 6.92 Å². The maximum atomic E-state index is 12.9. The minimum Gasteiger partial charge on any atom is -0.465 e. The summed E-state index contributed by atoms with van der Waals surface area (Å²) in [6.07, 6.45) is 0. The lowest BCUT2D eigenvalue weighted by molar-refractivity contribution is -0.121. The number of carbonyl (C=O) groups excluding carboxylic acids is 2. The molecule has 0 saturated heterocycles. The van der Waals surface area contributed by atoms with Gasteiger partial charge in [0.05, 0.1) is 24.1 Å². The first kappa shape index (κ1) is 21.5. The van der Waals surface area contributed by atoms with Gasteiger partial charge < -0.3 is 10.1 Å². The van der Waals surface area contributed by atoms with Gasteiger partial charge in [0, 0.05) is 13.1 Å². The van der Waals surface area contributed by atoms with Crippen LogP contribution in [0.4, 0.5) is 4.39 Å². The second-order valence-electron chi connectivity index (χ2n) is 5.85. The molecule has 28 heavy (non-hydrogen) atoms. The van der Waals surface area contributed by atoms with Crippen LogP contribution in [0.5, 0.6) is 0 Å². The number of rotatable bonds is 8. The van der Waals surface area contributed by atoms with Crippen molar-refractivity contribution in [2.24, 2.45) is 0 Å². The first-order valence-corrected chi connectivity index (χ1v) is 9.91. The Kier molecular flexibility index (Phi) is 7.24. The van der Waals surface area contributed by atoms with Crippen molar-refractivity contribution >= 4 is 21.9 Å². The van der Waals surface area contributed by atoms with Crippen LogP contribution < -0.4 is 5.32 Å². The van der Waals surface area contributed by atoms with Crippen LogP contribution in [0.25, 0.3) is 0 Å². The average molecular weight is 408 g/mol. The quantitative estimate of drug-likeness (QED) is 0.674. The molecule has 0 aliphatic heterocycles. The van der Waals surface area contributed by atoms with Gasteiger partial charge >= 0.3 is 5.97 Å². The molecule has 150 valence electrons. The molecule has 7 nitrogen and oxygen atoms in total. The molecular formula is C19H21FN2O5S. The van der Waals surface area contributed by atoms with Crippen LogP contribution in [0.2, 0.25) is 0 Å². The van der Waals surface area contributed by atoms with Gasteiger partial charge in [-0.15, -0.1) is 0 Å². The molecule has 0 unspecified atom stereocenters. The zero-order chi connectivity index (χ0) is 20.7. The SMILES string of the molecule is CCN(CC(=O)NCc1ccc(F)cc1)S(=O)(=O)c1cccc(C(=O)OC)c1. The normalized spacial score (nSPS) is 11.3. The molecule has 2 aromatic carbocycles. The number of carbonyl (C=O) groups is 2. The molecular weight excluding hydrogens is 387 g/mol. The molecule has 0 spiro atoms. The number of methoxy groups -OCH3 is 1. The van der Waals surface area contributed by atoms with Gasteiger partial charge in [-0.1, -0.05) is 25.1 Å². The number of esters is 1. The molecule has 9 heteroatoms. The Morgan fingerprint density at radius 3 is 2.43 bits per heavy atom. The van der Waals surface area contributed by atoms with Crippen molar-refractivity contribution in [3.63, 3.8) is 0 Å². The zero-order valence-electron chi connectivity index (χ0n) is 15.5. The van der Waals surface area contributed by atoms with E-state index in [2.05, 4.69) is 10.1 Å². The molecule has 0 atom stereocenters. The Balaban J connectivity index is 2.09. The Bertz CT molecular complexity index is 945. The number of sulfonamides is 1. The average Bonchev–Trinajstić information content (AvgIpc) is 2.70. The number of likely N-dealkylation sites (N-methyl/N-ethyl adjacent to an activating group) is 1. The third kappa shape index (κ3) is 5.37. The highest BCUT2D eigenvalue weighted by Crippen LogP contribution is 2.17. The van der Waals surface area contributed by atoms with E-state index in [0.717, 1.165) is 4.31 Å². The number of benzene rings is 2. The van der Waals surface area contributed by atoms with Gasteiger partial charge in [-0.3, -0.25) is 4.79 Å². The predicted molar refractivity (Wildman–Crippen MR) is 100 cm³/mol. The van der Waals surface area contributed by atoms with E-state index in [1.807, 2.05) is 0 Å². The van der Waals surface area contributed by atoms with Crippen molar-refractivity contribution in [1.29, 1.82) is 0 Å². The van der Waals surface area contributed by atoms with Crippen molar-refractivity contribution in [1.82, 2.24) is 9.62 Å². The van der Waals surface area contributed by atoms with E-state index >= 15 is 0 Å². The number of hydrogen-bond acceptors (Lipinski definition) is 5. The Morgan fingerprint density at radius 2 is 1.82 bits per heavy atom. The first-order chi connectivity index (χ1) is 13.3. The summed E-state index contributed by atoms with van der Waals surface area (Å²) >= 11 is 0. The fourth-order valence-corrected chi connectivity index (χ4v) is 3.89. The number of nitrogens with one attached hydrogen (secondary N) is 1. The first-order valence-electron chi connectivity index (χ1n) is 8.47. The molecule has 0 aliphatic rings. The summed E-state index contributed by atoms with van der Waals surface area (Å²) in [5, 5.41) is 2.60. The second-order valence-corrected chi connectivity index (χ2v) is 7.79. The van der Waals surface area contributed by atoms with Gasteiger partial charge in [0.15, 0.2) is 0 Å². The largest absolute Gasteiger partial charge is 0.465 e. The minimum atomic E-state index is -3.98. The number of ether oxygens (including phenoxy) is 1. The van der Waals surface area contributed by atoms with Gasteiger partial charge in [0.2, 0.25) is 15.9 Å². The lowest BCUT2D eigenvalue weighted by Crippen LogP contribution is -2.40. The lowest BCUT2D eigenvalue weighted by Gasteiger charge is -2.20. The van der Waals surface area contributed by atoms with Crippen LogP contribution in [0.1, 0.15) is 22.8 Å². The topological polar surface area (TPSA) is 92.8 Å². The smallest absolute Gasteiger partial charge is 0.337 e. The molecule has 0 saturated carbocycles. The molecule has 0 bridgehead atoms. The van der Waals surface area contributed by atoms with E-state index < -0.39 is 21.9 Å². The Hall–Kier alpha value is -2.78. The highest BCUT2D eigenvalue weighted by atomic mass is 32.2. The van der Waals surface area contributed by atoms with Gasteiger partial charge in [0.25, 0.3) is 0 Å². The van der Waals surface area contributed by atoms with Crippen LogP contribution in [-0.2, 0) is 26.1 Å². The standard InChI is InChI=1S/C19H21FN2O5S/c1-3-22(13-18(23)21-12-14-7-9-16(20)10-8-14)28(25,26)17-6-4-5-15(11-17)19(24)27-2/h4-11H,3,12-13H2,1-2H3,(H,21,23). The molecule has 2 rings (SSSR count). The third-order valence-electron chi connectivity index (χ3n) is 3.97. The maximum Gasteiger partial charge on any atom is 0.337 e. The van der Waals surface area contributed by atoms with Crippen molar-refractivity contribution < 1.29 is 27.1 Å². The number of hydrogen-bond donors (Lipinski definition) is 1. The maximum absolute atomic E-state index is 12.9. The highest BCUT2D eigenvalue weighted by molar-refractivity contribution is 7.89. The zero-order valence-corrected chi connectivity index (χ0v) is 16.3. The summed E-state index contributed by atoms with van der Waals surface area (Å²) < 4.78 is 44.2. The summed E-state index contributed by atoms with van der Waals surface area (Å²) in [5.74, 6) is -1.54. The molecule has 0 radical (unpaired) electrons. The van der Waals surface area contributed by atoms with Crippen molar-refractivity contribution in [2.45, 2.75) is 18.4 Å². The molecule has 1 N–H and O–H groups in total. The number of nitrogens with zero attached hydrogens (tertiary/aromatic N) is 1. The summed E-state index contributed by atoms with van der Waals surface area (Å²) in [7, 11) is -2.78. The fourth-order valence-electron chi connectivity index (χ4n) is 2.44. The van der Waals surface area contributed by atoms with Crippen LogP contribution >= 0.6 is 0 Å². The monoisotopic (exact) mass is 408 g/mol. The Labute approximate surface area is 163 Å². The van der Waals surface area contributed by atoms with Crippen molar-refractivity contribution in [3.05, 3.63) is 65.5 Å². The van der Waals surface area contributed by atoms with Gasteiger partial charge in [0.1, 0.15) is 5.82 Å². The Morgan fingerprint density at radius 1 is 1.14 bits per heavy atom. The van der Waals surface area contributed by atoms with E-state index in [-0.39, 0.29) is 35.9 Å². The molecule has 1 amide bonds. The summed E-state index contributed by atoms with van der Waals surface area (Å²) in [6.45, 7) is 1.43. The van der Waals surface area contributed by atoms with Gasteiger partial charge in [-0.25, -0.2) is 17.6 Å². The summed E-state index contributed by atoms with van der Waals surface area (Å²) in [4.78, 5) is 23.7. The predicted octanol–water partition coefficient (Wildman–Crippen LogP) is 1.94. The highest BCUT2D eigenvalue weighted by Gasteiger charge is 2.26. The summed E-state index contributed by atoms with van der Waals surface area (Å²) in [6, 6.07) is 11.0. The molecule has 0 aromatic heterocycles. The van der Waals surface area contributed by atoms with Crippen LogP contribution in [0.3, 0.4) is 0 Å². The van der Waals surface area contributed by atoms with Crippen molar-refractivity contribution in [2.75, 3.05) is 20.2 Å². The number of amides is 1. The second kappa shape index (κ2) is 9.43. The van der Waals surface area contributed by atoms with E-state index in [4.69, 9.17) is 0 Å². The fraction of sp³-hybridized carbons (Fsp3) is 0.263.